The van der Waals surface area contributed by atoms with E-state index in [9.17, 15) is 0 Å². The third-order valence-electron chi connectivity index (χ3n) is 0.875. The van der Waals surface area contributed by atoms with Crippen molar-refractivity contribution in [2.45, 2.75) is 13.3 Å². The van der Waals surface area contributed by atoms with Crippen molar-refractivity contribution in [3.8, 4) is 0 Å². The Morgan fingerprint density at radius 3 is 2.00 bits per heavy atom. The summed E-state index contributed by atoms with van der Waals surface area (Å²) in [4.78, 5) is 1.81. The first-order valence-corrected chi connectivity index (χ1v) is 2.43. The fourth-order valence-corrected chi connectivity index (χ4v) is 0.316. The quantitative estimate of drug-likeness (QED) is 0.385. The molecule has 0 aromatic carbocycles. The van der Waals surface area contributed by atoms with Gasteiger partial charge in [0.2, 0.25) is 0 Å². The van der Waals surface area contributed by atoms with E-state index in [1.807, 2.05) is 21.0 Å². The van der Waals surface area contributed by atoms with Crippen molar-refractivity contribution >= 4 is 5.84 Å². The molecule has 0 aliphatic carbocycles. The lowest BCUT2D eigenvalue weighted by molar-refractivity contribution is 0.602. The summed E-state index contributed by atoms with van der Waals surface area (Å²) in [5.74, 6) is 0.681. The molecule has 0 atom stereocenters. The van der Waals surface area contributed by atoms with Gasteiger partial charge in [0.05, 0.1) is 5.84 Å². The molecule has 0 unspecified atom stereocenters. The Kier molecular flexibility index (Phi) is 2.41. The highest BCUT2D eigenvalue weighted by atomic mass is 15.1. The molecule has 0 aliphatic heterocycles. The lowest BCUT2D eigenvalue weighted by Gasteiger charge is -2.09. The van der Waals surface area contributed by atoms with Crippen molar-refractivity contribution in [3.63, 3.8) is 0 Å². The summed E-state index contributed by atoms with van der Waals surface area (Å²) in [5.41, 5.74) is 0. The Bertz CT molecular complexity index is 66.5. The van der Waals surface area contributed by atoms with E-state index in [4.69, 9.17) is 5.41 Å². The number of hydrogen-bond donors (Lipinski definition) is 1. The number of hydrogen-bond acceptors (Lipinski definition) is 1. The van der Waals surface area contributed by atoms with Crippen LogP contribution >= 0.6 is 0 Å². The van der Waals surface area contributed by atoms with E-state index >= 15 is 0 Å². The first kappa shape index (κ1) is 6.47. The largest absolute Gasteiger partial charge is 0.367 e. The van der Waals surface area contributed by atoms with Gasteiger partial charge < -0.3 is 4.90 Å². The topological polar surface area (TPSA) is 27.1 Å². The van der Waals surface area contributed by atoms with Gasteiger partial charge in [-0.25, -0.2) is 0 Å². The monoisotopic (exact) mass is 100 g/mol. The molecule has 0 heterocycles. The molecule has 0 radical (unpaired) electrons. The van der Waals surface area contributed by atoms with Crippen LogP contribution < -0.4 is 0 Å². The van der Waals surface area contributed by atoms with Gasteiger partial charge in [0.1, 0.15) is 0 Å². The zero-order chi connectivity index (χ0) is 5.86. The van der Waals surface area contributed by atoms with Gasteiger partial charge in [-0.05, 0) is 0 Å². The SMILES string of the molecule is CCC(=N)N(C)C. The summed E-state index contributed by atoms with van der Waals surface area (Å²) in [6.45, 7) is 1.97. The molecule has 0 aromatic heterocycles. The van der Waals surface area contributed by atoms with Crippen molar-refractivity contribution in [2.75, 3.05) is 14.1 Å². The van der Waals surface area contributed by atoms with Gasteiger partial charge in [-0.2, -0.15) is 0 Å². The number of nitrogens with zero attached hydrogens (tertiary/aromatic N) is 1. The molecular weight excluding hydrogens is 88.1 g/mol. The van der Waals surface area contributed by atoms with Crippen molar-refractivity contribution in [2.24, 2.45) is 0 Å². The van der Waals surface area contributed by atoms with Gasteiger partial charge in [-0.15, -0.1) is 0 Å². The molecule has 0 fully saturated rings. The number of nitrogens with one attached hydrogen (secondary N) is 1. The zero-order valence-electron chi connectivity index (χ0n) is 5.15. The van der Waals surface area contributed by atoms with E-state index < -0.39 is 0 Å². The maximum atomic E-state index is 7.12. The first-order valence-electron chi connectivity index (χ1n) is 2.43. The molecule has 0 saturated heterocycles. The summed E-state index contributed by atoms with van der Waals surface area (Å²) >= 11 is 0. The van der Waals surface area contributed by atoms with Crippen LogP contribution in [0.2, 0.25) is 0 Å². The minimum Gasteiger partial charge on any atom is -0.367 e. The third-order valence-corrected chi connectivity index (χ3v) is 0.875. The smallest absolute Gasteiger partial charge is 0.0949 e. The fourth-order valence-electron chi connectivity index (χ4n) is 0.316. The fraction of sp³-hybridized carbons (Fsp3) is 0.800. The predicted molar refractivity (Wildman–Crippen MR) is 31.7 cm³/mol. The van der Waals surface area contributed by atoms with Crippen molar-refractivity contribution in [1.29, 1.82) is 5.41 Å². The molecule has 0 bridgehead atoms. The van der Waals surface area contributed by atoms with Crippen LogP contribution in [0.1, 0.15) is 13.3 Å². The summed E-state index contributed by atoms with van der Waals surface area (Å²) < 4.78 is 0. The maximum Gasteiger partial charge on any atom is 0.0949 e. The van der Waals surface area contributed by atoms with Crippen LogP contribution in [0.25, 0.3) is 0 Å². The molecule has 0 saturated carbocycles. The molecule has 2 heteroatoms. The van der Waals surface area contributed by atoms with Gasteiger partial charge in [0.25, 0.3) is 0 Å². The predicted octanol–water partition coefficient (Wildman–Crippen LogP) is 0.935. The third kappa shape index (κ3) is 2.20. The van der Waals surface area contributed by atoms with Gasteiger partial charge in [-0.1, -0.05) is 6.92 Å². The molecule has 0 rings (SSSR count). The van der Waals surface area contributed by atoms with Crippen LogP contribution in [0.4, 0.5) is 0 Å². The average molecular weight is 100 g/mol. The van der Waals surface area contributed by atoms with E-state index in [0.29, 0.717) is 5.84 Å². The second kappa shape index (κ2) is 2.61. The molecule has 2 nitrogen and oxygen atoms in total. The minimum atomic E-state index is 0.681. The highest BCUT2D eigenvalue weighted by molar-refractivity contribution is 5.78. The van der Waals surface area contributed by atoms with Crippen LogP contribution in [-0.4, -0.2) is 24.8 Å². The van der Waals surface area contributed by atoms with Gasteiger partial charge in [0.15, 0.2) is 0 Å². The summed E-state index contributed by atoms with van der Waals surface area (Å²) in [6, 6.07) is 0. The Balaban J connectivity index is 3.35. The van der Waals surface area contributed by atoms with E-state index in [0.717, 1.165) is 6.42 Å². The second-order valence-electron chi connectivity index (χ2n) is 1.69. The van der Waals surface area contributed by atoms with Crippen molar-refractivity contribution in [3.05, 3.63) is 0 Å². The molecule has 42 valence electrons. The average Bonchev–Trinajstić information content (AvgIpc) is 1.65. The Morgan fingerprint density at radius 2 is 2.00 bits per heavy atom. The van der Waals surface area contributed by atoms with Gasteiger partial charge in [-0.3, -0.25) is 5.41 Å². The molecular formula is C5H12N2. The Hall–Kier alpha value is -0.530. The van der Waals surface area contributed by atoms with Crippen LogP contribution in [0, 0.1) is 5.41 Å². The highest BCUT2D eigenvalue weighted by Gasteiger charge is 1.89. The first-order chi connectivity index (χ1) is 3.18. The molecule has 0 amide bonds. The van der Waals surface area contributed by atoms with Crippen LogP contribution in [0.15, 0.2) is 0 Å². The molecule has 0 aliphatic rings. The molecule has 0 spiro atoms. The Morgan fingerprint density at radius 1 is 1.57 bits per heavy atom. The molecule has 1 N–H and O–H groups in total. The van der Waals surface area contributed by atoms with E-state index in [1.165, 1.54) is 0 Å². The van der Waals surface area contributed by atoms with E-state index in [1.54, 1.807) is 4.90 Å². The summed E-state index contributed by atoms with van der Waals surface area (Å²) in [5, 5.41) is 7.12. The molecule has 7 heavy (non-hydrogen) atoms. The lowest BCUT2D eigenvalue weighted by atomic mass is 10.4. The van der Waals surface area contributed by atoms with Crippen LogP contribution in [0.3, 0.4) is 0 Å². The second-order valence-corrected chi connectivity index (χ2v) is 1.69. The van der Waals surface area contributed by atoms with Gasteiger partial charge in [0, 0.05) is 20.5 Å². The zero-order valence-corrected chi connectivity index (χ0v) is 5.15. The lowest BCUT2D eigenvalue weighted by Crippen LogP contribution is -2.19. The number of rotatable bonds is 1. The summed E-state index contributed by atoms with van der Waals surface area (Å²) in [6.07, 6.45) is 0.826. The van der Waals surface area contributed by atoms with Gasteiger partial charge >= 0.3 is 0 Å². The Labute approximate surface area is 44.6 Å². The standard InChI is InChI=1S/C5H12N2/c1-4-5(6)7(2)3/h6H,4H2,1-3H3. The van der Waals surface area contributed by atoms with E-state index in [-0.39, 0.29) is 0 Å². The van der Waals surface area contributed by atoms with Crippen molar-refractivity contribution < 1.29 is 0 Å². The van der Waals surface area contributed by atoms with Crippen LogP contribution in [-0.2, 0) is 0 Å². The maximum absolute atomic E-state index is 7.12. The summed E-state index contributed by atoms with van der Waals surface area (Å²) in [7, 11) is 3.76. The van der Waals surface area contributed by atoms with Crippen LogP contribution in [0.5, 0.6) is 0 Å². The van der Waals surface area contributed by atoms with E-state index in [2.05, 4.69) is 0 Å². The number of amidine groups is 1. The highest BCUT2D eigenvalue weighted by Crippen LogP contribution is 1.82. The minimum absolute atomic E-state index is 0.681. The van der Waals surface area contributed by atoms with Crippen molar-refractivity contribution in [1.82, 2.24) is 4.90 Å². The molecule has 0 aromatic rings. The normalized spacial score (nSPS) is 8.43.